The van der Waals surface area contributed by atoms with Crippen LogP contribution in [0.2, 0.25) is 0 Å². The molecule has 0 aliphatic heterocycles. The molecule has 0 unspecified atom stereocenters. The minimum absolute atomic E-state index is 0.0654. The van der Waals surface area contributed by atoms with Crippen molar-refractivity contribution in [2.45, 2.75) is 26.9 Å². The van der Waals surface area contributed by atoms with Gasteiger partial charge in [0, 0.05) is 18.4 Å². The third-order valence-corrected chi connectivity index (χ3v) is 1.98. The highest BCUT2D eigenvalue weighted by molar-refractivity contribution is 9.09. The fraction of sp³-hybridized carbons (Fsp3) is 0.889. The van der Waals surface area contributed by atoms with Gasteiger partial charge in [-0.05, 0) is 20.8 Å². The van der Waals surface area contributed by atoms with Gasteiger partial charge in [0.1, 0.15) is 6.61 Å². The number of hydrogen-bond donors (Lipinski definition) is 0. The van der Waals surface area contributed by atoms with E-state index in [0.29, 0.717) is 0 Å². The largest absolute Gasteiger partial charge is 0.369 e. The molecule has 0 N–H and O–H groups in total. The fourth-order valence-corrected chi connectivity index (χ4v) is 1.32. The van der Waals surface area contributed by atoms with Crippen molar-refractivity contribution >= 4 is 21.8 Å². The van der Waals surface area contributed by atoms with Crippen molar-refractivity contribution < 1.29 is 9.53 Å². The number of likely N-dealkylation sites (N-methyl/N-ethyl adjacent to an activating group) is 1. The number of alkyl halides is 1. The van der Waals surface area contributed by atoms with Crippen LogP contribution in [0.25, 0.3) is 0 Å². The van der Waals surface area contributed by atoms with Crippen molar-refractivity contribution in [3.63, 3.8) is 0 Å². The number of halogens is 1. The van der Waals surface area contributed by atoms with Gasteiger partial charge in [-0.3, -0.25) is 4.79 Å². The number of rotatable bonds is 6. The molecule has 0 aromatic rings. The van der Waals surface area contributed by atoms with E-state index in [-0.39, 0.29) is 18.6 Å². The topological polar surface area (TPSA) is 29.5 Å². The average molecular weight is 252 g/mol. The van der Waals surface area contributed by atoms with E-state index in [4.69, 9.17) is 4.74 Å². The molecule has 0 rings (SSSR count). The summed E-state index contributed by atoms with van der Waals surface area (Å²) < 4.78 is 5.23. The Morgan fingerprint density at radius 1 is 1.54 bits per heavy atom. The van der Waals surface area contributed by atoms with E-state index < -0.39 is 0 Å². The maximum atomic E-state index is 11.4. The molecule has 0 fully saturated rings. The summed E-state index contributed by atoms with van der Waals surface area (Å²) in [6.07, 6.45) is 0.117. The molecule has 0 radical (unpaired) electrons. The van der Waals surface area contributed by atoms with E-state index in [1.165, 1.54) is 0 Å². The number of hydrogen-bond acceptors (Lipinski definition) is 2. The molecule has 1 amide bonds. The number of carbonyl (C=O) groups excluding carboxylic acids is 1. The second-order valence-electron chi connectivity index (χ2n) is 3.02. The highest BCUT2D eigenvalue weighted by Crippen LogP contribution is 1.95. The maximum Gasteiger partial charge on any atom is 0.248 e. The molecule has 0 saturated carbocycles. The van der Waals surface area contributed by atoms with Gasteiger partial charge in [0.2, 0.25) is 5.91 Å². The minimum atomic E-state index is 0.0654. The molecule has 78 valence electrons. The number of nitrogens with zero attached hydrogens (tertiary/aromatic N) is 1. The van der Waals surface area contributed by atoms with Gasteiger partial charge < -0.3 is 9.64 Å². The summed E-state index contributed by atoms with van der Waals surface area (Å²) in [4.78, 5) is 13.2. The first kappa shape index (κ1) is 12.9. The lowest BCUT2D eigenvalue weighted by molar-refractivity contribution is -0.137. The first-order valence-corrected chi connectivity index (χ1v) is 5.69. The van der Waals surface area contributed by atoms with Crippen LogP contribution >= 0.6 is 15.9 Å². The molecule has 0 aliphatic carbocycles. The Hall–Kier alpha value is -0.0900. The summed E-state index contributed by atoms with van der Waals surface area (Å²) in [6, 6.07) is 0. The SMILES string of the molecule is CCN(CCBr)C(=O)COC(C)C. The standard InChI is InChI=1S/C9H18BrNO2/c1-4-11(6-5-10)9(12)7-13-8(2)3/h8H,4-7H2,1-3H3. The molecule has 0 spiro atoms. The van der Waals surface area contributed by atoms with E-state index in [1.54, 1.807) is 4.90 Å². The summed E-state index contributed by atoms with van der Waals surface area (Å²) in [5.41, 5.74) is 0. The lowest BCUT2D eigenvalue weighted by atomic mass is 10.4. The van der Waals surface area contributed by atoms with E-state index in [0.717, 1.165) is 18.4 Å². The summed E-state index contributed by atoms with van der Waals surface area (Å²) >= 11 is 3.30. The second-order valence-corrected chi connectivity index (χ2v) is 3.82. The predicted molar refractivity (Wildman–Crippen MR) is 57.1 cm³/mol. The Bertz CT molecular complexity index is 151. The van der Waals surface area contributed by atoms with Gasteiger partial charge in [-0.1, -0.05) is 15.9 Å². The van der Waals surface area contributed by atoms with Crippen LogP contribution in [0.5, 0.6) is 0 Å². The summed E-state index contributed by atoms with van der Waals surface area (Å²) in [6.45, 7) is 7.50. The minimum Gasteiger partial charge on any atom is -0.369 e. The normalized spacial score (nSPS) is 10.5. The zero-order valence-corrected chi connectivity index (χ0v) is 10.1. The molecule has 4 heteroatoms. The molecule has 0 bridgehead atoms. The zero-order chi connectivity index (χ0) is 10.3. The molecule has 0 atom stereocenters. The summed E-state index contributed by atoms with van der Waals surface area (Å²) in [5, 5.41) is 0.814. The van der Waals surface area contributed by atoms with Crippen LogP contribution in [0, 0.1) is 0 Å². The van der Waals surface area contributed by atoms with Gasteiger partial charge in [-0.2, -0.15) is 0 Å². The third-order valence-electron chi connectivity index (χ3n) is 1.63. The van der Waals surface area contributed by atoms with Crippen molar-refractivity contribution in [2.24, 2.45) is 0 Å². The predicted octanol–water partition coefficient (Wildman–Crippen LogP) is 1.65. The summed E-state index contributed by atoms with van der Waals surface area (Å²) in [5.74, 6) is 0.0654. The van der Waals surface area contributed by atoms with Crippen LogP contribution in [0.4, 0.5) is 0 Å². The molecule has 0 heterocycles. The Labute approximate surface area is 88.6 Å². The number of carbonyl (C=O) groups is 1. The Morgan fingerprint density at radius 2 is 2.15 bits per heavy atom. The summed E-state index contributed by atoms with van der Waals surface area (Å²) in [7, 11) is 0. The van der Waals surface area contributed by atoms with E-state index in [9.17, 15) is 4.79 Å². The molecular formula is C9H18BrNO2. The van der Waals surface area contributed by atoms with Crippen LogP contribution in [0.1, 0.15) is 20.8 Å². The van der Waals surface area contributed by atoms with E-state index >= 15 is 0 Å². The van der Waals surface area contributed by atoms with Gasteiger partial charge in [-0.15, -0.1) is 0 Å². The van der Waals surface area contributed by atoms with Crippen LogP contribution in [-0.4, -0.2) is 41.9 Å². The fourth-order valence-electron chi connectivity index (χ4n) is 0.890. The van der Waals surface area contributed by atoms with Crippen LogP contribution in [0.3, 0.4) is 0 Å². The van der Waals surface area contributed by atoms with Gasteiger partial charge in [0.15, 0.2) is 0 Å². The first-order chi connectivity index (χ1) is 6.11. The Balaban J connectivity index is 3.77. The molecule has 3 nitrogen and oxygen atoms in total. The Morgan fingerprint density at radius 3 is 2.54 bits per heavy atom. The van der Waals surface area contributed by atoms with Crippen molar-refractivity contribution in [3.8, 4) is 0 Å². The van der Waals surface area contributed by atoms with E-state index in [1.807, 2.05) is 20.8 Å². The molecule has 0 saturated heterocycles. The maximum absolute atomic E-state index is 11.4. The van der Waals surface area contributed by atoms with Crippen LogP contribution in [-0.2, 0) is 9.53 Å². The van der Waals surface area contributed by atoms with Crippen molar-refractivity contribution in [1.82, 2.24) is 4.90 Å². The van der Waals surface area contributed by atoms with Crippen molar-refractivity contribution in [1.29, 1.82) is 0 Å². The Kier molecular flexibility index (Phi) is 7.28. The molecule has 0 aliphatic rings. The van der Waals surface area contributed by atoms with Gasteiger partial charge >= 0.3 is 0 Å². The van der Waals surface area contributed by atoms with Crippen LogP contribution in [0.15, 0.2) is 0 Å². The quantitative estimate of drug-likeness (QED) is 0.673. The van der Waals surface area contributed by atoms with Crippen molar-refractivity contribution in [2.75, 3.05) is 25.0 Å². The van der Waals surface area contributed by atoms with Gasteiger partial charge in [0.05, 0.1) is 6.10 Å². The van der Waals surface area contributed by atoms with Gasteiger partial charge in [-0.25, -0.2) is 0 Å². The molecule has 0 aromatic carbocycles. The number of amides is 1. The first-order valence-electron chi connectivity index (χ1n) is 4.57. The lowest BCUT2D eigenvalue weighted by Crippen LogP contribution is -2.35. The van der Waals surface area contributed by atoms with Crippen LogP contribution < -0.4 is 0 Å². The molecular weight excluding hydrogens is 234 g/mol. The molecule has 0 aromatic heterocycles. The zero-order valence-electron chi connectivity index (χ0n) is 8.55. The highest BCUT2D eigenvalue weighted by atomic mass is 79.9. The highest BCUT2D eigenvalue weighted by Gasteiger charge is 2.10. The number of ether oxygens (including phenoxy) is 1. The monoisotopic (exact) mass is 251 g/mol. The third kappa shape index (κ3) is 6.05. The second kappa shape index (κ2) is 7.33. The average Bonchev–Trinajstić information content (AvgIpc) is 2.10. The lowest BCUT2D eigenvalue weighted by Gasteiger charge is -2.20. The van der Waals surface area contributed by atoms with Gasteiger partial charge in [0.25, 0.3) is 0 Å². The van der Waals surface area contributed by atoms with Crippen molar-refractivity contribution in [3.05, 3.63) is 0 Å². The van der Waals surface area contributed by atoms with E-state index in [2.05, 4.69) is 15.9 Å². The molecule has 13 heavy (non-hydrogen) atoms. The smallest absolute Gasteiger partial charge is 0.248 e.